The largest absolute Gasteiger partial charge is 1.00 e. The molecule has 28 heavy (non-hydrogen) atoms. The fourth-order valence-corrected chi connectivity index (χ4v) is 3.48. The van der Waals surface area contributed by atoms with Gasteiger partial charge in [0, 0.05) is 6.07 Å². The molecule has 0 heterocycles. The van der Waals surface area contributed by atoms with E-state index in [2.05, 4.69) is 6.92 Å². The van der Waals surface area contributed by atoms with E-state index >= 15 is 0 Å². The predicted octanol–water partition coefficient (Wildman–Crippen LogP) is 2.10. The Morgan fingerprint density at radius 1 is 0.964 bits per heavy atom. The van der Waals surface area contributed by atoms with Crippen molar-refractivity contribution in [2.75, 3.05) is 0 Å². The van der Waals surface area contributed by atoms with Crippen LogP contribution < -0.4 is 39.4 Å². The van der Waals surface area contributed by atoms with Crippen LogP contribution in [0.3, 0.4) is 0 Å². The van der Waals surface area contributed by atoms with E-state index in [0.717, 1.165) is 24.8 Å². The maximum atomic E-state index is 12.2. The van der Waals surface area contributed by atoms with Gasteiger partial charge in [-0.1, -0.05) is 75.5 Å². The van der Waals surface area contributed by atoms with Crippen molar-refractivity contribution in [1.82, 2.24) is 0 Å². The summed E-state index contributed by atoms with van der Waals surface area (Å²) in [6, 6.07) is 10.5. The van der Waals surface area contributed by atoms with Crippen LogP contribution in [-0.2, 0) is 16.5 Å². The summed E-state index contributed by atoms with van der Waals surface area (Å²) in [6.07, 6.45) is 9.00. The fraction of sp³-hybridized carbons (Fsp3) is 0.429. The second-order valence-electron chi connectivity index (χ2n) is 6.67. The van der Waals surface area contributed by atoms with Gasteiger partial charge in [0.15, 0.2) is 0 Å². The third-order valence-corrected chi connectivity index (χ3v) is 5.28. The van der Waals surface area contributed by atoms with E-state index in [-0.39, 0.29) is 51.7 Å². The van der Waals surface area contributed by atoms with Crippen molar-refractivity contribution in [2.45, 2.75) is 63.2 Å². The van der Waals surface area contributed by atoms with Crippen molar-refractivity contribution in [1.29, 1.82) is 0 Å². The molecule has 0 unspecified atom stereocenters. The Hall–Kier alpha value is -1.05. The number of unbranched alkanes of at least 4 members (excludes halogenated alkanes) is 6. The smallest absolute Gasteiger partial charge is 0.870 e. The molecular formula is C21H27NaO5S. The van der Waals surface area contributed by atoms with Crippen LogP contribution >= 0.6 is 0 Å². The van der Waals surface area contributed by atoms with Crippen molar-refractivity contribution in [3.8, 4) is 17.2 Å². The van der Waals surface area contributed by atoms with E-state index in [4.69, 9.17) is 9.29 Å². The quantitative estimate of drug-likeness (QED) is 0.346. The number of para-hydroxylation sites is 1. The molecule has 7 heteroatoms. The standard InChI is InChI=1S/C21H28O5S.Na/c1-2-3-4-5-6-7-8-11-17-12-9-15-20(22)21(17)26-18-13-10-14-19(16-18)27(23,24)25;/h9-10,12-16,22H,2-8,11H2,1H3,(H,23,24,25);/q;+1/p-1. The van der Waals surface area contributed by atoms with Crippen LogP contribution in [0.1, 0.15) is 57.4 Å². The number of rotatable bonds is 11. The van der Waals surface area contributed by atoms with Gasteiger partial charge >= 0.3 is 29.6 Å². The maximum absolute atomic E-state index is 12.2. The van der Waals surface area contributed by atoms with E-state index in [1.807, 2.05) is 6.07 Å². The van der Waals surface area contributed by atoms with Crippen LogP contribution in [-0.4, -0.2) is 13.0 Å². The third-order valence-electron chi connectivity index (χ3n) is 4.43. The number of hydrogen-bond donors (Lipinski definition) is 1. The van der Waals surface area contributed by atoms with E-state index in [9.17, 15) is 13.5 Å². The first-order chi connectivity index (χ1) is 12.9. The Morgan fingerprint density at radius 3 is 2.29 bits per heavy atom. The fourth-order valence-electron chi connectivity index (χ4n) is 2.96. The first-order valence-corrected chi connectivity index (χ1v) is 10.9. The molecular weight excluding hydrogens is 387 g/mol. The summed E-state index contributed by atoms with van der Waals surface area (Å²) in [4.78, 5) is -0.267. The molecule has 0 aliphatic heterocycles. The normalized spacial score (nSPS) is 11.1. The molecule has 0 bridgehead atoms. The molecule has 0 aliphatic rings. The Bertz CT molecular complexity index is 836. The van der Waals surface area contributed by atoms with Gasteiger partial charge in [-0.15, -0.1) is 0 Å². The number of benzene rings is 2. The van der Waals surface area contributed by atoms with Gasteiger partial charge in [0.25, 0.3) is 10.1 Å². The molecule has 0 saturated heterocycles. The summed E-state index contributed by atoms with van der Waals surface area (Å²) in [5.74, 6) is 0.179. The zero-order valence-corrected chi connectivity index (χ0v) is 19.5. The topological polar surface area (TPSA) is 86.7 Å². The van der Waals surface area contributed by atoms with Gasteiger partial charge < -0.3 is 9.84 Å². The van der Waals surface area contributed by atoms with Crippen molar-refractivity contribution in [3.05, 3.63) is 48.0 Å². The van der Waals surface area contributed by atoms with E-state index in [1.54, 1.807) is 12.1 Å². The molecule has 0 atom stereocenters. The SMILES string of the molecule is CCCCCCCCCc1cccc([O-])c1Oc1cccc(S(=O)(=O)O)c1.[Na+]. The van der Waals surface area contributed by atoms with Gasteiger partial charge in [-0.3, -0.25) is 4.55 Å². The zero-order valence-electron chi connectivity index (χ0n) is 16.7. The van der Waals surface area contributed by atoms with Crippen molar-refractivity contribution < 1.29 is 52.4 Å². The van der Waals surface area contributed by atoms with Crippen LogP contribution in [0.25, 0.3) is 0 Å². The van der Waals surface area contributed by atoms with Crippen LogP contribution in [0, 0.1) is 0 Å². The molecule has 5 nitrogen and oxygen atoms in total. The Morgan fingerprint density at radius 2 is 1.61 bits per heavy atom. The average Bonchev–Trinajstić information content (AvgIpc) is 2.63. The number of ether oxygens (including phenoxy) is 1. The van der Waals surface area contributed by atoms with Crippen molar-refractivity contribution in [2.24, 2.45) is 0 Å². The van der Waals surface area contributed by atoms with Gasteiger partial charge in [-0.2, -0.15) is 8.42 Å². The summed E-state index contributed by atoms with van der Waals surface area (Å²) < 4.78 is 37.4. The Kier molecular flexibility index (Phi) is 11.2. The van der Waals surface area contributed by atoms with Gasteiger partial charge in [0.2, 0.25) is 0 Å². The molecule has 0 saturated carbocycles. The molecule has 0 aliphatic carbocycles. The monoisotopic (exact) mass is 414 g/mol. The Balaban J connectivity index is 0.00000392. The van der Waals surface area contributed by atoms with Gasteiger partial charge in [0.1, 0.15) is 11.5 Å². The molecule has 0 spiro atoms. The molecule has 2 aromatic rings. The Labute approximate surface area is 190 Å². The molecule has 0 aromatic heterocycles. The van der Waals surface area contributed by atoms with Crippen LogP contribution in [0.15, 0.2) is 47.4 Å². The minimum atomic E-state index is -4.32. The summed E-state index contributed by atoms with van der Waals surface area (Å²) >= 11 is 0. The number of aryl methyl sites for hydroxylation is 1. The van der Waals surface area contributed by atoms with Crippen LogP contribution in [0.2, 0.25) is 0 Å². The van der Waals surface area contributed by atoms with Crippen molar-refractivity contribution in [3.63, 3.8) is 0 Å². The molecule has 0 fully saturated rings. The summed E-state index contributed by atoms with van der Waals surface area (Å²) in [5, 5.41) is 12.2. The van der Waals surface area contributed by atoms with Crippen LogP contribution in [0.5, 0.6) is 17.2 Å². The van der Waals surface area contributed by atoms with Gasteiger partial charge in [0.05, 0.1) is 4.90 Å². The minimum absolute atomic E-state index is 0. The minimum Gasteiger partial charge on any atom is -0.870 e. The molecule has 2 rings (SSSR count). The number of hydrogen-bond acceptors (Lipinski definition) is 4. The molecule has 2 aromatic carbocycles. The van der Waals surface area contributed by atoms with Crippen molar-refractivity contribution >= 4 is 10.1 Å². The second-order valence-corrected chi connectivity index (χ2v) is 8.09. The summed E-state index contributed by atoms with van der Waals surface area (Å²) in [7, 11) is -4.32. The van der Waals surface area contributed by atoms with Crippen LogP contribution in [0.4, 0.5) is 0 Å². The summed E-state index contributed by atoms with van der Waals surface area (Å²) in [5.41, 5.74) is 0.813. The average molecular weight is 414 g/mol. The third kappa shape index (κ3) is 8.13. The van der Waals surface area contributed by atoms with Gasteiger partial charge in [-0.05, 0) is 30.5 Å². The van der Waals surface area contributed by atoms with E-state index < -0.39 is 10.1 Å². The summed E-state index contributed by atoms with van der Waals surface area (Å²) in [6.45, 7) is 2.20. The molecule has 148 valence electrons. The predicted molar refractivity (Wildman–Crippen MR) is 104 cm³/mol. The van der Waals surface area contributed by atoms with Gasteiger partial charge in [-0.25, -0.2) is 0 Å². The van der Waals surface area contributed by atoms with E-state index in [1.165, 1.54) is 56.4 Å². The zero-order chi connectivity index (χ0) is 19.7. The van der Waals surface area contributed by atoms with E-state index in [0.29, 0.717) is 0 Å². The maximum Gasteiger partial charge on any atom is 1.00 e. The molecule has 0 amide bonds. The first kappa shape index (κ1) is 25.0. The molecule has 0 radical (unpaired) electrons. The first-order valence-electron chi connectivity index (χ1n) is 9.46. The molecule has 1 N–H and O–H groups in total. The second kappa shape index (κ2) is 12.5.